The molecule has 0 aliphatic carbocycles. The molecule has 0 saturated carbocycles. The number of piperazine rings is 1. The molecule has 0 radical (unpaired) electrons. The first-order chi connectivity index (χ1) is 20.0. The Morgan fingerprint density at radius 2 is 2.02 bits per heavy atom. The Bertz CT molecular complexity index is 1710. The van der Waals surface area contributed by atoms with Crippen molar-refractivity contribution in [2.24, 2.45) is 0 Å². The van der Waals surface area contributed by atoms with Gasteiger partial charge >= 0.3 is 6.18 Å². The molecule has 4 heterocycles. The summed E-state index contributed by atoms with van der Waals surface area (Å²) < 4.78 is 47.2. The Balaban J connectivity index is 0.00000423. The van der Waals surface area contributed by atoms with Crippen LogP contribution in [0.25, 0.3) is 17.2 Å². The molecule has 11 nitrogen and oxygen atoms in total. The number of amides is 1. The molecule has 43 heavy (non-hydrogen) atoms. The van der Waals surface area contributed by atoms with Crippen LogP contribution in [-0.4, -0.2) is 62.8 Å². The Morgan fingerprint density at radius 1 is 1.26 bits per heavy atom. The van der Waals surface area contributed by atoms with Gasteiger partial charge in [-0.25, -0.2) is 4.98 Å². The monoisotopic (exact) mass is 640 g/mol. The molecule has 1 amide bonds. The van der Waals surface area contributed by atoms with Crippen molar-refractivity contribution in [2.45, 2.75) is 39.0 Å². The number of aromatic nitrogens is 5. The van der Waals surface area contributed by atoms with E-state index in [0.717, 1.165) is 18.2 Å². The Labute approximate surface area is 255 Å². The Hall–Kier alpha value is -3.88. The number of anilines is 2. The van der Waals surface area contributed by atoms with E-state index >= 15 is 0 Å². The summed E-state index contributed by atoms with van der Waals surface area (Å²) in [7, 11) is 1.47. The summed E-state index contributed by atoms with van der Waals surface area (Å²) in [6, 6.07) is 6.11. The zero-order chi connectivity index (χ0) is 30.2. The van der Waals surface area contributed by atoms with E-state index in [1.165, 1.54) is 17.8 Å². The Morgan fingerprint density at radius 3 is 2.67 bits per heavy atom. The lowest BCUT2D eigenvalue weighted by atomic mass is 10.1. The summed E-state index contributed by atoms with van der Waals surface area (Å²) in [5, 5.41) is 10.2. The van der Waals surface area contributed by atoms with E-state index in [1.54, 1.807) is 16.7 Å². The van der Waals surface area contributed by atoms with Crippen LogP contribution in [0.15, 0.2) is 41.3 Å². The van der Waals surface area contributed by atoms with Crippen LogP contribution in [0.5, 0.6) is 5.88 Å². The van der Waals surface area contributed by atoms with Gasteiger partial charge in [0.25, 0.3) is 5.56 Å². The molecule has 1 atom stereocenters. The molecule has 0 spiro atoms. The lowest BCUT2D eigenvalue weighted by Gasteiger charge is -2.34. The number of carbonyl (C=O) groups is 1. The average molecular weight is 641 g/mol. The van der Waals surface area contributed by atoms with Gasteiger partial charge in [-0.1, -0.05) is 18.5 Å². The van der Waals surface area contributed by atoms with Crippen molar-refractivity contribution in [3.8, 4) is 17.3 Å². The van der Waals surface area contributed by atoms with Gasteiger partial charge in [-0.15, -0.1) is 17.5 Å². The smallest absolute Gasteiger partial charge is 0.416 e. The summed E-state index contributed by atoms with van der Waals surface area (Å²) in [6.45, 7) is 5.36. The van der Waals surface area contributed by atoms with Crippen LogP contribution in [0, 0.1) is 0 Å². The molecule has 3 aromatic heterocycles. The highest BCUT2D eigenvalue weighted by atomic mass is 35.5. The molecule has 4 aromatic rings. The van der Waals surface area contributed by atoms with Crippen LogP contribution in [0.1, 0.15) is 25.1 Å². The van der Waals surface area contributed by atoms with Gasteiger partial charge in [0.2, 0.25) is 17.6 Å². The molecular formula is C27H29Cl2F3N8O3. The molecule has 1 fully saturated rings. The van der Waals surface area contributed by atoms with Gasteiger partial charge in [-0.05, 0) is 37.6 Å². The molecule has 1 saturated heterocycles. The van der Waals surface area contributed by atoms with E-state index in [-0.39, 0.29) is 52.9 Å². The van der Waals surface area contributed by atoms with Crippen LogP contribution in [0.3, 0.4) is 0 Å². The summed E-state index contributed by atoms with van der Waals surface area (Å²) in [5.74, 6) is 0.106. The number of ether oxygens (including phenoxy) is 1. The van der Waals surface area contributed by atoms with E-state index in [9.17, 15) is 22.8 Å². The molecule has 1 aliphatic rings. The van der Waals surface area contributed by atoms with Gasteiger partial charge in [-0.3, -0.25) is 9.59 Å². The lowest BCUT2D eigenvalue weighted by molar-refractivity contribution is -0.137. The third kappa shape index (κ3) is 6.55. The van der Waals surface area contributed by atoms with E-state index in [4.69, 9.17) is 16.3 Å². The SMILES string of the molecule is CCc1c(N2CCN[C@H](C)C2)c(=O)n2nc(-c3ccnc(OC)c3)nc2n1CC(=O)Nc1ccc(C(F)(F)F)cc1Cl.Cl. The minimum Gasteiger partial charge on any atom is -0.481 e. The summed E-state index contributed by atoms with van der Waals surface area (Å²) >= 11 is 6.08. The molecule has 230 valence electrons. The van der Waals surface area contributed by atoms with Crippen LogP contribution < -0.4 is 25.8 Å². The number of alkyl halides is 3. The maximum absolute atomic E-state index is 13.9. The quantitative estimate of drug-likeness (QED) is 0.311. The van der Waals surface area contributed by atoms with Gasteiger partial charge < -0.3 is 24.8 Å². The second-order valence-corrected chi connectivity index (χ2v) is 10.2. The van der Waals surface area contributed by atoms with E-state index < -0.39 is 17.6 Å². The first-order valence-corrected chi connectivity index (χ1v) is 13.6. The van der Waals surface area contributed by atoms with Gasteiger partial charge in [0.05, 0.1) is 29.1 Å². The first-order valence-electron chi connectivity index (χ1n) is 13.2. The number of methoxy groups -OCH3 is 1. The summed E-state index contributed by atoms with van der Waals surface area (Å²) in [5.41, 5.74) is 0.238. The first kappa shape index (κ1) is 32.0. The highest BCUT2D eigenvalue weighted by Crippen LogP contribution is 2.34. The van der Waals surface area contributed by atoms with Crippen molar-refractivity contribution in [3.05, 3.63) is 63.2 Å². The van der Waals surface area contributed by atoms with Crippen molar-refractivity contribution in [3.63, 3.8) is 0 Å². The topological polar surface area (TPSA) is 119 Å². The van der Waals surface area contributed by atoms with Gasteiger partial charge in [0, 0.05) is 43.5 Å². The maximum atomic E-state index is 13.9. The zero-order valence-corrected chi connectivity index (χ0v) is 25.0. The number of rotatable bonds is 7. The Kier molecular flexibility index (Phi) is 9.52. The number of benzene rings is 1. The number of halogens is 5. The lowest BCUT2D eigenvalue weighted by Crippen LogP contribution is -2.51. The maximum Gasteiger partial charge on any atom is 0.416 e. The average Bonchev–Trinajstić information content (AvgIpc) is 3.41. The number of hydrogen-bond donors (Lipinski definition) is 2. The fourth-order valence-corrected chi connectivity index (χ4v) is 5.20. The number of nitrogens with one attached hydrogen (secondary N) is 2. The number of carbonyl (C=O) groups excluding carboxylic acids is 1. The summed E-state index contributed by atoms with van der Waals surface area (Å²) in [6.07, 6.45) is -2.66. The van der Waals surface area contributed by atoms with E-state index in [2.05, 4.69) is 25.7 Å². The molecule has 16 heteroatoms. The predicted molar refractivity (Wildman–Crippen MR) is 158 cm³/mol. The molecule has 2 N–H and O–H groups in total. The number of fused-ring (bicyclic) bond motifs is 1. The van der Waals surface area contributed by atoms with E-state index in [0.29, 0.717) is 48.9 Å². The van der Waals surface area contributed by atoms with Gasteiger partial charge in [0.15, 0.2) is 5.82 Å². The largest absolute Gasteiger partial charge is 0.481 e. The number of nitrogens with zero attached hydrogens (tertiary/aromatic N) is 6. The number of pyridine rings is 1. The van der Waals surface area contributed by atoms with Crippen LogP contribution in [0.4, 0.5) is 24.5 Å². The molecule has 5 rings (SSSR count). The van der Waals surface area contributed by atoms with Crippen LogP contribution >= 0.6 is 24.0 Å². The second-order valence-electron chi connectivity index (χ2n) is 9.82. The second kappa shape index (κ2) is 12.8. The minimum absolute atomic E-state index is 0. The fourth-order valence-electron chi connectivity index (χ4n) is 4.97. The van der Waals surface area contributed by atoms with E-state index in [1.807, 2.05) is 18.7 Å². The number of hydrogen-bond acceptors (Lipinski definition) is 8. The zero-order valence-electron chi connectivity index (χ0n) is 23.4. The molecular weight excluding hydrogens is 612 g/mol. The van der Waals surface area contributed by atoms with Crippen molar-refractivity contribution in [2.75, 3.05) is 37.0 Å². The molecule has 0 unspecified atom stereocenters. The van der Waals surface area contributed by atoms with Crippen molar-refractivity contribution >= 4 is 47.1 Å². The van der Waals surface area contributed by atoms with Crippen molar-refractivity contribution in [1.82, 2.24) is 29.5 Å². The standard InChI is InChI=1S/C27H28ClF3N8O3.ClH/c1-4-20-23(37-10-9-32-15(2)13-37)25(41)39-26(35-24(36-39)16-7-8-33-22(11-16)42-3)38(20)14-21(40)34-19-6-5-17(12-18(19)28)27(29,30)31;/h5-8,11-12,15,32H,4,9-10,13-14H2,1-3H3,(H,34,40);1H/t15-;/m1./s1. The summed E-state index contributed by atoms with van der Waals surface area (Å²) in [4.78, 5) is 37.9. The third-order valence-electron chi connectivity index (χ3n) is 6.92. The normalized spacial score (nSPS) is 15.3. The van der Waals surface area contributed by atoms with Crippen molar-refractivity contribution in [1.29, 1.82) is 0 Å². The van der Waals surface area contributed by atoms with Crippen LogP contribution in [-0.2, 0) is 23.9 Å². The highest BCUT2D eigenvalue weighted by molar-refractivity contribution is 6.33. The minimum atomic E-state index is -4.58. The molecule has 1 aromatic carbocycles. The van der Waals surface area contributed by atoms with Gasteiger partial charge in [0.1, 0.15) is 12.2 Å². The van der Waals surface area contributed by atoms with Crippen molar-refractivity contribution < 1.29 is 22.7 Å². The molecule has 0 bridgehead atoms. The third-order valence-corrected chi connectivity index (χ3v) is 7.23. The van der Waals surface area contributed by atoms with Crippen LogP contribution in [0.2, 0.25) is 5.02 Å². The van der Waals surface area contributed by atoms with Gasteiger partial charge in [-0.2, -0.15) is 22.7 Å². The molecule has 1 aliphatic heterocycles. The fraction of sp³-hybridized carbons (Fsp3) is 0.370. The predicted octanol–water partition coefficient (Wildman–Crippen LogP) is 4.05. The highest BCUT2D eigenvalue weighted by Gasteiger charge is 2.31.